The molecule has 172 valence electrons. The Bertz CT molecular complexity index is 1140. The van der Waals surface area contributed by atoms with Crippen molar-refractivity contribution in [1.82, 2.24) is 25.1 Å². The molecule has 0 unspecified atom stereocenters. The lowest BCUT2D eigenvalue weighted by Crippen LogP contribution is -2.32. The van der Waals surface area contributed by atoms with Crippen molar-refractivity contribution < 1.29 is 4.74 Å². The number of rotatable bonds is 7. The number of allylic oxidation sites excluding steroid dienone is 1. The van der Waals surface area contributed by atoms with E-state index in [0.29, 0.717) is 5.82 Å². The predicted molar refractivity (Wildman–Crippen MR) is 132 cm³/mol. The molecule has 3 heterocycles. The molecule has 0 radical (unpaired) electrons. The van der Waals surface area contributed by atoms with E-state index in [0.717, 1.165) is 59.5 Å². The van der Waals surface area contributed by atoms with Crippen LogP contribution in [0.1, 0.15) is 31.7 Å². The van der Waals surface area contributed by atoms with Crippen molar-refractivity contribution >= 4 is 17.6 Å². The zero-order valence-corrected chi connectivity index (χ0v) is 19.4. The third kappa shape index (κ3) is 5.28. The van der Waals surface area contributed by atoms with Crippen LogP contribution in [0.4, 0.5) is 5.82 Å². The summed E-state index contributed by atoms with van der Waals surface area (Å²) in [4.78, 5) is 9.64. The van der Waals surface area contributed by atoms with Crippen molar-refractivity contribution in [3.63, 3.8) is 0 Å². The molecule has 1 aliphatic rings. The Morgan fingerprint density at radius 3 is 2.88 bits per heavy atom. The molecular weight excluding hydrogens is 414 g/mol. The first-order chi connectivity index (χ1) is 16.1. The van der Waals surface area contributed by atoms with Gasteiger partial charge in [0.15, 0.2) is 5.82 Å². The maximum atomic E-state index is 7.72. The summed E-state index contributed by atoms with van der Waals surface area (Å²) in [6.45, 7) is 2.91. The largest absolute Gasteiger partial charge is 0.393 e. The summed E-state index contributed by atoms with van der Waals surface area (Å²) in [7, 11) is 3.72. The molecule has 3 N–H and O–H groups in total. The van der Waals surface area contributed by atoms with Gasteiger partial charge in [-0.2, -0.15) is 5.10 Å². The van der Waals surface area contributed by atoms with Crippen LogP contribution in [0, 0.1) is 5.41 Å². The van der Waals surface area contributed by atoms with E-state index >= 15 is 0 Å². The van der Waals surface area contributed by atoms with Crippen LogP contribution in [-0.2, 0) is 11.8 Å². The molecule has 1 aliphatic heterocycles. The molecule has 0 saturated carbocycles. The summed E-state index contributed by atoms with van der Waals surface area (Å²) in [5, 5.41) is 18.7. The van der Waals surface area contributed by atoms with Gasteiger partial charge in [-0.3, -0.25) is 4.68 Å². The Balaban J connectivity index is 1.74. The SMILES string of the molecule is CN/C=C(\C=N)c1cccc(-c2ncc(-c3cnn(C)c3)c(N[C@H]3CCCCO[C@@H]3C)n2)c1. The van der Waals surface area contributed by atoms with Gasteiger partial charge in [0, 0.05) is 67.8 Å². The predicted octanol–water partition coefficient (Wildman–Crippen LogP) is 4.12. The Morgan fingerprint density at radius 1 is 1.24 bits per heavy atom. The fourth-order valence-electron chi connectivity index (χ4n) is 4.06. The number of benzene rings is 1. The number of nitrogens with one attached hydrogen (secondary N) is 3. The molecule has 1 aromatic carbocycles. The second-order valence-electron chi connectivity index (χ2n) is 8.29. The highest BCUT2D eigenvalue weighted by molar-refractivity contribution is 6.08. The van der Waals surface area contributed by atoms with Crippen LogP contribution >= 0.6 is 0 Å². The summed E-state index contributed by atoms with van der Waals surface area (Å²) >= 11 is 0. The average Bonchev–Trinajstić information content (AvgIpc) is 3.16. The van der Waals surface area contributed by atoms with E-state index in [-0.39, 0.29) is 12.1 Å². The Labute approximate surface area is 194 Å². The lowest BCUT2D eigenvalue weighted by Gasteiger charge is -2.24. The standard InChI is InChI=1S/C25H31N7O/c1-17-23(9-4-5-10-33-17)30-25-22(21-14-29-32(3)16-21)15-28-24(31-25)19-8-6-7-18(11-19)20(12-26)13-27-2/h6-8,11-17,23,26-27H,4-5,9-10H2,1-3H3,(H,28,30,31)/b20-13+,26-12?/t17-,23+/m1/s1. The van der Waals surface area contributed by atoms with Crippen LogP contribution < -0.4 is 10.6 Å². The lowest BCUT2D eigenvalue weighted by molar-refractivity contribution is 0.0651. The van der Waals surface area contributed by atoms with E-state index < -0.39 is 0 Å². The van der Waals surface area contributed by atoms with Crippen LogP contribution in [0.5, 0.6) is 0 Å². The first kappa shape index (κ1) is 22.7. The molecular formula is C25H31N7O. The smallest absolute Gasteiger partial charge is 0.161 e. The molecule has 1 saturated heterocycles. The molecule has 1 fully saturated rings. The molecule has 2 aromatic heterocycles. The normalized spacial score (nSPS) is 19.1. The Hall–Kier alpha value is -3.52. The maximum absolute atomic E-state index is 7.72. The van der Waals surface area contributed by atoms with Gasteiger partial charge in [-0.15, -0.1) is 0 Å². The number of ether oxygens (including phenoxy) is 1. The fourth-order valence-corrected chi connectivity index (χ4v) is 4.06. The monoisotopic (exact) mass is 445 g/mol. The van der Waals surface area contributed by atoms with Crippen LogP contribution in [0.3, 0.4) is 0 Å². The zero-order chi connectivity index (χ0) is 23.2. The highest BCUT2D eigenvalue weighted by atomic mass is 16.5. The molecule has 4 rings (SSSR count). The van der Waals surface area contributed by atoms with Crippen molar-refractivity contribution in [3.05, 3.63) is 54.6 Å². The van der Waals surface area contributed by atoms with Gasteiger partial charge < -0.3 is 20.8 Å². The number of aromatic nitrogens is 4. The number of hydrogen-bond acceptors (Lipinski definition) is 7. The average molecular weight is 446 g/mol. The summed E-state index contributed by atoms with van der Waals surface area (Å²) in [6.07, 6.45) is 12.1. The third-order valence-electron chi connectivity index (χ3n) is 5.89. The quantitative estimate of drug-likeness (QED) is 0.473. The van der Waals surface area contributed by atoms with Crippen molar-refractivity contribution in [1.29, 1.82) is 5.41 Å². The highest BCUT2D eigenvalue weighted by Crippen LogP contribution is 2.30. The zero-order valence-electron chi connectivity index (χ0n) is 19.4. The molecule has 3 aromatic rings. The lowest BCUT2D eigenvalue weighted by atomic mass is 10.0. The van der Waals surface area contributed by atoms with Gasteiger partial charge in [0.1, 0.15) is 5.82 Å². The maximum Gasteiger partial charge on any atom is 0.161 e. The van der Waals surface area contributed by atoms with Gasteiger partial charge in [-0.1, -0.05) is 18.2 Å². The molecule has 0 aliphatic carbocycles. The fraction of sp³-hybridized carbons (Fsp3) is 0.360. The number of aryl methyl sites for hydroxylation is 1. The van der Waals surface area contributed by atoms with E-state index in [9.17, 15) is 0 Å². The first-order valence-electron chi connectivity index (χ1n) is 11.3. The second kappa shape index (κ2) is 10.4. The van der Waals surface area contributed by atoms with Gasteiger partial charge in [-0.25, -0.2) is 9.97 Å². The van der Waals surface area contributed by atoms with Gasteiger partial charge in [0.25, 0.3) is 0 Å². The molecule has 8 heteroatoms. The van der Waals surface area contributed by atoms with Crippen LogP contribution in [-0.4, -0.2) is 51.8 Å². The minimum atomic E-state index is 0.0952. The topological polar surface area (TPSA) is 101 Å². The van der Waals surface area contributed by atoms with E-state index in [2.05, 4.69) is 27.6 Å². The minimum absolute atomic E-state index is 0.0952. The molecule has 2 atom stereocenters. The first-order valence-corrected chi connectivity index (χ1v) is 11.3. The van der Waals surface area contributed by atoms with Crippen molar-refractivity contribution in [2.75, 3.05) is 19.0 Å². The van der Waals surface area contributed by atoms with E-state index in [1.165, 1.54) is 6.21 Å². The second-order valence-corrected chi connectivity index (χ2v) is 8.29. The number of hydrogen-bond donors (Lipinski definition) is 3. The summed E-state index contributed by atoms with van der Waals surface area (Å²) < 4.78 is 7.75. The minimum Gasteiger partial charge on any atom is -0.393 e. The molecule has 33 heavy (non-hydrogen) atoms. The Morgan fingerprint density at radius 2 is 2.12 bits per heavy atom. The van der Waals surface area contributed by atoms with E-state index in [1.807, 2.05) is 57.0 Å². The molecule has 0 bridgehead atoms. The summed E-state index contributed by atoms with van der Waals surface area (Å²) in [5.41, 5.74) is 4.48. The van der Waals surface area contributed by atoms with Crippen LogP contribution in [0.15, 0.2) is 49.1 Å². The number of nitrogens with zero attached hydrogens (tertiary/aromatic N) is 4. The van der Waals surface area contributed by atoms with Gasteiger partial charge in [0.05, 0.1) is 18.3 Å². The van der Waals surface area contributed by atoms with Crippen molar-refractivity contribution in [2.24, 2.45) is 7.05 Å². The highest BCUT2D eigenvalue weighted by Gasteiger charge is 2.23. The number of anilines is 1. The van der Waals surface area contributed by atoms with E-state index in [1.54, 1.807) is 10.9 Å². The van der Waals surface area contributed by atoms with Crippen molar-refractivity contribution in [3.8, 4) is 22.5 Å². The van der Waals surface area contributed by atoms with Crippen molar-refractivity contribution in [2.45, 2.75) is 38.3 Å². The summed E-state index contributed by atoms with van der Waals surface area (Å²) in [5.74, 6) is 1.40. The summed E-state index contributed by atoms with van der Waals surface area (Å²) in [6, 6.07) is 8.11. The van der Waals surface area contributed by atoms with Gasteiger partial charge in [-0.05, 0) is 37.8 Å². The van der Waals surface area contributed by atoms with Crippen LogP contribution in [0.25, 0.3) is 28.1 Å². The van der Waals surface area contributed by atoms with E-state index in [4.69, 9.17) is 15.1 Å². The van der Waals surface area contributed by atoms with Gasteiger partial charge in [0.2, 0.25) is 0 Å². The van der Waals surface area contributed by atoms with Crippen LogP contribution in [0.2, 0.25) is 0 Å². The molecule has 0 spiro atoms. The van der Waals surface area contributed by atoms with Gasteiger partial charge >= 0.3 is 0 Å². The molecule has 8 nitrogen and oxygen atoms in total. The Kier molecular flexibility index (Phi) is 7.14. The molecule has 0 amide bonds. The third-order valence-corrected chi connectivity index (χ3v) is 5.89.